The summed E-state index contributed by atoms with van der Waals surface area (Å²) in [6.07, 6.45) is 4.22. The molecule has 3 atom stereocenters. The van der Waals surface area contributed by atoms with E-state index in [1.807, 2.05) is 31.2 Å². The lowest BCUT2D eigenvalue weighted by molar-refractivity contribution is -0.121. The molecular weight excluding hydrogens is 294 g/mol. The molecule has 20 heavy (non-hydrogen) atoms. The molecule has 1 aliphatic carbocycles. The number of benzene rings is 1. The number of nitrogens with one attached hydrogen (secondary N) is 1. The molecular formula is C15H18ClNO2S. The largest absolute Gasteiger partial charge is 0.487 e. The Morgan fingerprint density at radius 1 is 1.45 bits per heavy atom. The van der Waals surface area contributed by atoms with Crippen LogP contribution in [0.2, 0.25) is 5.02 Å². The van der Waals surface area contributed by atoms with Gasteiger partial charge >= 0.3 is 0 Å². The molecule has 5 heteroatoms. The molecule has 1 aromatic rings. The third-order valence-corrected chi connectivity index (χ3v) is 5.74. The molecule has 1 N–H and O–H groups in total. The zero-order valence-corrected chi connectivity index (χ0v) is 13.0. The van der Waals surface area contributed by atoms with Gasteiger partial charge < -0.3 is 10.1 Å². The van der Waals surface area contributed by atoms with Gasteiger partial charge in [0.1, 0.15) is 16.7 Å². The monoisotopic (exact) mass is 311 g/mol. The number of hydrogen-bond donors (Lipinski definition) is 1. The number of rotatable bonds is 2. The lowest BCUT2D eigenvalue weighted by atomic mass is 9.91. The quantitative estimate of drug-likeness (QED) is 0.906. The second-order valence-corrected chi connectivity index (χ2v) is 7.56. The van der Waals surface area contributed by atoms with Gasteiger partial charge in [0.15, 0.2) is 0 Å². The third-order valence-electron chi connectivity index (χ3n) is 3.95. The van der Waals surface area contributed by atoms with E-state index >= 15 is 0 Å². The molecule has 3 nitrogen and oxygen atoms in total. The summed E-state index contributed by atoms with van der Waals surface area (Å²) in [7, 11) is 0. The first-order valence-electron chi connectivity index (χ1n) is 7.01. The van der Waals surface area contributed by atoms with Crippen LogP contribution in [0.3, 0.4) is 0 Å². The van der Waals surface area contributed by atoms with Gasteiger partial charge in [0.2, 0.25) is 5.91 Å². The van der Waals surface area contributed by atoms with Crippen LogP contribution in [0.1, 0.15) is 32.6 Å². The summed E-state index contributed by atoms with van der Waals surface area (Å²) in [6.45, 7) is 1.96. The van der Waals surface area contributed by atoms with E-state index in [4.69, 9.17) is 16.3 Å². The van der Waals surface area contributed by atoms with Gasteiger partial charge in [-0.05, 0) is 50.8 Å². The average molecular weight is 312 g/mol. The van der Waals surface area contributed by atoms with E-state index in [-0.39, 0.29) is 22.1 Å². The molecule has 0 radical (unpaired) electrons. The maximum atomic E-state index is 11.9. The SMILES string of the molecule is CC1SC2(CCCCC2Oc2cccc(Cl)c2)NC1=O. The highest BCUT2D eigenvalue weighted by atomic mass is 35.5. The number of carbonyl (C=O) groups excluding carboxylic acids is 1. The van der Waals surface area contributed by atoms with Crippen molar-refractivity contribution in [3.63, 3.8) is 0 Å². The predicted molar refractivity (Wildman–Crippen MR) is 82.3 cm³/mol. The van der Waals surface area contributed by atoms with Crippen molar-refractivity contribution in [2.45, 2.75) is 48.8 Å². The Morgan fingerprint density at radius 2 is 2.30 bits per heavy atom. The summed E-state index contributed by atoms with van der Waals surface area (Å²) in [5, 5.41) is 3.84. The van der Waals surface area contributed by atoms with Gasteiger partial charge in [-0.2, -0.15) is 0 Å². The molecule has 1 saturated heterocycles. The number of ether oxygens (including phenoxy) is 1. The molecule has 3 rings (SSSR count). The standard InChI is InChI=1S/C15H18ClNO2S/c1-10-14(18)17-15(20-10)8-3-2-7-13(15)19-12-6-4-5-11(16)9-12/h4-6,9-10,13H,2-3,7-8H2,1H3,(H,17,18). The predicted octanol–water partition coefficient (Wildman–Crippen LogP) is 3.61. The van der Waals surface area contributed by atoms with Crippen LogP contribution in [0.4, 0.5) is 0 Å². The second kappa shape index (κ2) is 5.49. The summed E-state index contributed by atoms with van der Waals surface area (Å²) < 4.78 is 6.15. The van der Waals surface area contributed by atoms with Gasteiger partial charge in [-0.1, -0.05) is 17.7 Å². The molecule has 108 valence electrons. The number of hydrogen-bond acceptors (Lipinski definition) is 3. The fourth-order valence-corrected chi connectivity index (χ4v) is 4.67. The maximum Gasteiger partial charge on any atom is 0.234 e. The maximum absolute atomic E-state index is 11.9. The van der Waals surface area contributed by atoms with Crippen LogP contribution < -0.4 is 10.1 Å². The number of halogens is 1. The van der Waals surface area contributed by atoms with E-state index in [0.29, 0.717) is 5.02 Å². The van der Waals surface area contributed by atoms with Crippen molar-refractivity contribution < 1.29 is 9.53 Å². The van der Waals surface area contributed by atoms with Crippen molar-refractivity contribution in [3.8, 4) is 5.75 Å². The van der Waals surface area contributed by atoms with Crippen molar-refractivity contribution in [2.24, 2.45) is 0 Å². The second-order valence-electron chi connectivity index (χ2n) is 5.45. The van der Waals surface area contributed by atoms with Crippen LogP contribution in [-0.4, -0.2) is 22.1 Å². The van der Waals surface area contributed by atoms with E-state index in [0.717, 1.165) is 31.4 Å². The molecule has 1 amide bonds. The van der Waals surface area contributed by atoms with E-state index < -0.39 is 0 Å². The van der Waals surface area contributed by atoms with Gasteiger partial charge in [-0.25, -0.2) is 0 Å². The Hall–Kier alpha value is -0.870. The molecule has 3 unspecified atom stereocenters. The van der Waals surface area contributed by atoms with Gasteiger partial charge in [-0.3, -0.25) is 4.79 Å². The minimum absolute atomic E-state index is 0.00133. The van der Waals surface area contributed by atoms with Gasteiger partial charge in [0, 0.05) is 5.02 Å². The van der Waals surface area contributed by atoms with E-state index in [1.54, 1.807) is 11.8 Å². The van der Waals surface area contributed by atoms with Crippen LogP contribution in [0.15, 0.2) is 24.3 Å². The Balaban J connectivity index is 1.81. The molecule has 1 spiro atoms. The molecule has 1 saturated carbocycles. The first-order chi connectivity index (χ1) is 9.59. The molecule has 0 bridgehead atoms. The average Bonchev–Trinajstić information content (AvgIpc) is 2.68. The van der Waals surface area contributed by atoms with E-state index in [1.165, 1.54) is 0 Å². The van der Waals surface area contributed by atoms with Crippen molar-refractivity contribution in [2.75, 3.05) is 0 Å². The highest BCUT2D eigenvalue weighted by Gasteiger charge is 2.50. The summed E-state index contributed by atoms with van der Waals surface area (Å²) >= 11 is 7.71. The minimum atomic E-state index is -0.267. The van der Waals surface area contributed by atoms with Crippen LogP contribution in [-0.2, 0) is 4.79 Å². The molecule has 1 aromatic carbocycles. The van der Waals surface area contributed by atoms with Crippen LogP contribution in [0, 0.1) is 0 Å². The number of amides is 1. The topological polar surface area (TPSA) is 38.3 Å². The summed E-state index contributed by atoms with van der Waals surface area (Å²) in [5.41, 5.74) is 0. The van der Waals surface area contributed by atoms with Gasteiger partial charge in [-0.15, -0.1) is 11.8 Å². The zero-order valence-electron chi connectivity index (χ0n) is 11.4. The Morgan fingerprint density at radius 3 is 3.00 bits per heavy atom. The highest BCUT2D eigenvalue weighted by molar-refractivity contribution is 8.02. The molecule has 2 aliphatic rings. The molecule has 0 aromatic heterocycles. The summed E-state index contributed by atoms with van der Waals surface area (Å²) in [5.74, 6) is 0.898. The van der Waals surface area contributed by atoms with Crippen molar-refractivity contribution in [3.05, 3.63) is 29.3 Å². The van der Waals surface area contributed by atoms with Crippen LogP contribution in [0.25, 0.3) is 0 Å². The smallest absolute Gasteiger partial charge is 0.234 e. The molecule has 1 heterocycles. The molecule has 2 fully saturated rings. The van der Waals surface area contributed by atoms with Crippen LogP contribution in [0.5, 0.6) is 5.75 Å². The lowest BCUT2D eigenvalue weighted by Crippen LogP contribution is -2.53. The fraction of sp³-hybridized carbons (Fsp3) is 0.533. The Labute approximate surface area is 128 Å². The van der Waals surface area contributed by atoms with Gasteiger partial charge in [0.25, 0.3) is 0 Å². The van der Waals surface area contributed by atoms with Crippen LogP contribution >= 0.6 is 23.4 Å². The summed E-state index contributed by atoms with van der Waals surface area (Å²) in [4.78, 5) is 11.6. The van der Waals surface area contributed by atoms with Gasteiger partial charge in [0.05, 0.1) is 5.25 Å². The number of thioether (sulfide) groups is 1. The minimum Gasteiger partial charge on any atom is -0.487 e. The van der Waals surface area contributed by atoms with Crippen molar-refractivity contribution >= 4 is 29.3 Å². The van der Waals surface area contributed by atoms with Crippen molar-refractivity contribution in [1.29, 1.82) is 0 Å². The summed E-state index contributed by atoms with van der Waals surface area (Å²) in [6, 6.07) is 7.46. The Kier molecular flexibility index (Phi) is 3.87. The van der Waals surface area contributed by atoms with E-state index in [2.05, 4.69) is 5.32 Å². The third kappa shape index (κ3) is 2.63. The number of carbonyl (C=O) groups is 1. The zero-order chi connectivity index (χ0) is 14.2. The lowest BCUT2D eigenvalue weighted by Gasteiger charge is -2.40. The highest BCUT2D eigenvalue weighted by Crippen LogP contribution is 2.45. The first kappa shape index (κ1) is 14.1. The fourth-order valence-electron chi connectivity index (χ4n) is 2.96. The first-order valence-corrected chi connectivity index (χ1v) is 8.27. The molecule has 1 aliphatic heterocycles. The Bertz CT molecular complexity index is 524. The van der Waals surface area contributed by atoms with Crippen molar-refractivity contribution in [1.82, 2.24) is 5.32 Å². The normalized spacial score (nSPS) is 33.2. The van der Waals surface area contributed by atoms with E-state index in [9.17, 15) is 4.79 Å².